The van der Waals surface area contributed by atoms with E-state index < -0.39 is 5.90 Å². The van der Waals surface area contributed by atoms with Crippen LogP contribution in [-0.2, 0) is 11.8 Å². The summed E-state index contributed by atoms with van der Waals surface area (Å²) in [6.45, 7) is 0. The first kappa shape index (κ1) is 22.1. The van der Waals surface area contributed by atoms with Crippen LogP contribution in [0.1, 0.15) is 5.56 Å². The van der Waals surface area contributed by atoms with E-state index in [1.54, 1.807) is 37.4 Å². The van der Waals surface area contributed by atoms with Crippen molar-refractivity contribution < 1.29 is 19.1 Å². The second kappa shape index (κ2) is 9.56. The van der Waals surface area contributed by atoms with Crippen LogP contribution in [0, 0.1) is 0 Å². The van der Waals surface area contributed by atoms with Gasteiger partial charge < -0.3 is 5.11 Å². The highest BCUT2D eigenvalue weighted by Gasteiger charge is 2.32. The van der Waals surface area contributed by atoms with Crippen LogP contribution < -0.4 is 14.7 Å². The van der Waals surface area contributed by atoms with Crippen LogP contribution in [0.5, 0.6) is 0 Å². The average Bonchev–Trinajstić information content (AvgIpc) is 3.32. The predicted octanol–water partition coefficient (Wildman–Crippen LogP) is 3.37. The molecular formula is C21H15Cl2N5O3S. The Morgan fingerprint density at radius 2 is 1.94 bits per heavy atom. The quantitative estimate of drug-likeness (QED) is 0.237. The number of carbonyl (C=O) groups excluding carboxylic acids is 1. The molecule has 0 aliphatic carbocycles. The Kier molecular flexibility index (Phi) is 6.59. The summed E-state index contributed by atoms with van der Waals surface area (Å²) in [5.74, 6) is -0.779. The molecule has 1 aliphatic heterocycles. The minimum Gasteiger partial charge on any atom is -0.861 e. The highest BCUT2D eigenvalue weighted by atomic mass is 35.5. The summed E-state index contributed by atoms with van der Waals surface area (Å²) in [5.41, 5.74) is 1.26. The molecule has 0 radical (unpaired) electrons. The molecule has 0 bridgehead atoms. The van der Waals surface area contributed by atoms with Gasteiger partial charge in [0.15, 0.2) is 17.5 Å². The lowest BCUT2D eigenvalue weighted by Crippen LogP contribution is -2.31. The lowest BCUT2D eigenvalue weighted by molar-refractivity contribution is -0.739. The third-order valence-electron chi connectivity index (χ3n) is 4.24. The van der Waals surface area contributed by atoms with Crippen molar-refractivity contribution in [1.29, 1.82) is 0 Å². The molecule has 0 spiro atoms. The van der Waals surface area contributed by atoms with Crippen LogP contribution in [0.25, 0.3) is 6.08 Å². The average molecular weight is 488 g/mol. The summed E-state index contributed by atoms with van der Waals surface area (Å²) >= 11 is 13.6. The van der Waals surface area contributed by atoms with Crippen molar-refractivity contribution in [2.75, 3.05) is 10.7 Å². The van der Waals surface area contributed by atoms with E-state index in [0.29, 0.717) is 26.5 Å². The molecule has 0 fully saturated rings. The van der Waals surface area contributed by atoms with E-state index in [1.807, 2.05) is 18.2 Å². The van der Waals surface area contributed by atoms with Crippen molar-refractivity contribution in [2.24, 2.45) is 17.0 Å². The molecule has 11 heteroatoms. The second-order valence-electron chi connectivity index (χ2n) is 6.54. The number of nitrogens with zero attached hydrogens (tertiary/aromatic N) is 5. The van der Waals surface area contributed by atoms with E-state index in [1.165, 1.54) is 21.9 Å². The maximum Gasteiger partial charge on any atom is 0.320 e. The number of carbonyl (C=O) groups is 1. The normalized spacial score (nSPS) is 15.5. The number of benzene rings is 2. The van der Waals surface area contributed by atoms with Gasteiger partial charge in [0, 0.05) is 21.4 Å². The predicted molar refractivity (Wildman–Crippen MR) is 123 cm³/mol. The van der Waals surface area contributed by atoms with E-state index in [-0.39, 0.29) is 23.2 Å². The summed E-state index contributed by atoms with van der Waals surface area (Å²) in [6.07, 6.45) is 3.01. The molecule has 0 saturated carbocycles. The number of para-hydroxylation sites is 1. The maximum atomic E-state index is 13.2. The summed E-state index contributed by atoms with van der Waals surface area (Å²) in [7, 11) is 1.65. The minimum absolute atomic E-state index is 0.0556. The Morgan fingerprint density at radius 1 is 1.22 bits per heavy atom. The number of thioether (sulfide) groups is 1. The molecule has 0 saturated heterocycles. The zero-order chi connectivity index (χ0) is 22.7. The number of anilines is 1. The second-order valence-corrected chi connectivity index (χ2v) is 8.30. The fraction of sp³-hybridized carbons (Fsp3) is 0.0952. The van der Waals surface area contributed by atoms with Gasteiger partial charge in [-0.1, -0.05) is 63.9 Å². The monoisotopic (exact) mass is 487 g/mol. The zero-order valence-corrected chi connectivity index (χ0v) is 18.9. The molecule has 0 atom stereocenters. The Bertz CT molecular complexity index is 1240. The summed E-state index contributed by atoms with van der Waals surface area (Å²) < 4.78 is 6.30. The maximum absolute atomic E-state index is 13.2. The van der Waals surface area contributed by atoms with Crippen LogP contribution >= 0.6 is 35.0 Å². The van der Waals surface area contributed by atoms with Gasteiger partial charge in [-0.15, -0.1) is 0 Å². The number of rotatable bonds is 5. The smallest absolute Gasteiger partial charge is 0.320 e. The number of hydrogen-bond donors (Lipinski definition) is 0. The Balaban J connectivity index is 1.65. The topological polar surface area (TPSA) is 98.0 Å². The molecule has 2 aromatic carbocycles. The fourth-order valence-electron chi connectivity index (χ4n) is 2.83. The number of aliphatic imine (C=N–C) groups is 2. The molecule has 32 heavy (non-hydrogen) atoms. The van der Waals surface area contributed by atoms with Gasteiger partial charge >= 0.3 is 5.88 Å². The third-order valence-corrected chi connectivity index (χ3v) is 5.83. The van der Waals surface area contributed by atoms with Crippen molar-refractivity contribution in [3.05, 3.63) is 76.0 Å². The molecule has 8 nitrogen and oxygen atoms in total. The Labute approximate surface area is 197 Å². The van der Waals surface area contributed by atoms with Crippen molar-refractivity contribution in [3.63, 3.8) is 0 Å². The number of amides is 1. The molecule has 1 aliphatic rings. The highest BCUT2D eigenvalue weighted by molar-refractivity contribution is 8.14. The number of aromatic nitrogens is 2. The first-order valence-corrected chi connectivity index (χ1v) is 11.0. The van der Waals surface area contributed by atoms with Gasteiger partial charge in [0.1, 0.15) is 5.70 Å². The van der Waals surface area contributed by atoms with E-state index in [4.69, 9.17) is 27.7 Å². The lowest BCUT2D eigenvalue weighted by atomic mass is 10.2. The number of halogens is 2. The van der Waals surface area contributed by atoms with Crippen molar-refractivity contribution in [2.45, 2.75) is 0 Å². The molecule has 0 N–H and O–H groups in total. The largest absolute Gasteiger partial charge is 0.861 e. The molecule has 162 valence electrons. The molecule has 3 aromatic rings. The van der Waals surface area contributed by atoms with Crippen LogP contribution in [0.2, 0.25) is 10.0 Å². The van der Waals surface area contributed by atoms with Crippen molar-refractivity contribution >= 4 is 69.6 Å². The van der Waals surface area contributed by atoms with Crippen LogP contribution in [0.15, 0.2) is 74.9 Å². The summed E-state index contributed by atoms with van der Waals surface area (Å²) in [6, 6.07) is 14.1. The lowest BCUT2D eigenvalue weighted by Gasteiger charge is -2.18. The van der Waals surface area contributed by atoms with Gasteiger partial charge in [0.2, 0.25) is 0 Å². The zero-order valence-electron chi connectivity index (χ0n) is 16.6. The summed E-state index contributed by atoms with van der Waals surface area (Å²) in [4.78, 5) is 22.9. The van der Waals surface area contributed by atoms with Crippen molar-refractivity contribution in [3.8, 4) is 0 Å². The van der Waals surface area contributed by atoms with Crippen LogP contribution in [0.4, 0.5) is 11.6 Å². The fourth-order valence-corrected chi connectivity index (χ4v) is 4.13. The Morgan fingerprint density at radius 3 is 2.59 bits per heavy atom. The van der Waals surface area contributed by atoms with E-state index in [2.05, 4.69) is 15.3 Å². The van der Waals surface area contributed by atoms with Gasteiger partial charge in [-0.2, -0.15) is 0 Å². The third kappa shape index (κ3) is 4.85. The molecule has 0 unspecified atom stereocenters. The van der Waals surface area contributed by atoms with Gasteiger partial charge in [-0.05, 0) is 36.2 Å². The molecule has 2 heterocycles. The van der Waals surface area contributed by atoms with E-state index in [9.17, 15) is 9.90 Å². The van der Waals surface area contributed by atoms with E-state index >= 15 is 0 Å². The number of amidine groups is 1. The van der Waals surface area contributed by atoms with Crippen LogP contribution in [0.3, 0.4) is 0 Å². The van der Waals surface area contributed by atoms with Gasteiger partial charge in [-0.3, -0.25) is 14.2 Å². The number of aryl methyl sites for hydroxylation is 1. The standard InChI is InChI=1S/C21H15Cl2N5O3S/c1-27-11-19(31-26-27)25-18(29)12-32-21-24-17(10-14-15(22)8-5-9-16(14)23)20(30)28(21)13-6-3-2-4-7-13/h2-11H,12H2,1H3/b17-10-. The van der Waals surface area contributed by atoms with Crippen LogP contribution in [-0.4, -0.2) is 28.0 Å². The van der Waals surface area contributed by atoms with Crippen molar-refractivity contribution in [1.82, 2.24) is 5.27 Å². The van der Waals surface area contributed by atoms with Gasteiger partial charge in [-0.25, -0.2) is 9.98 Å². The number of hydrogen-bond acceptors (Lipinski definition) is 7. The van der Waals surface area contributed by atoms with E-state index in [0.717, 1.165) is 11.8 Å². The SMILES string of the molecule is C[n+]1cc(/N=C(\[O-])CSC2=N/C(=C\c3c(Cl)cccc3Cl)C(=O)N2c2ccccc2)on1. The minimum atomic E-state index is -0.457. The summed E-state index contributed by atoms with van der Waals surface area (Å²) in [5, 5.41) is 17.0. The van der Waals surface area contributed by atoms with Gasteiger partial charge in [0.05, 0.1) is 5.69 Å². The molecule has 1 amide bonds. The molecule has 1 aromatic heterocycles. The highest BCUT2D eigenvalue weighted by Crippen LogP contribution is 2.32. The molecule has 4 rings (SSSR count). The first-order valence-electron chi connectivity index (χ1n) is 9.26. The Hall–Kier alpha value is -3.14. The molecular weight excluding hydrogens is 473 g/mol. The first-order chi connectivity index (χ1) is 15.4. The van der Waals surface area contributed by atoms with Gasteiger partial charge in [0.25, 0.3) is 12.1 Å².